The average Bonchev–Trinajstić information content (AvgIpc) is 2.83. The molecule has 38 heavy (non-hydrogen) atoms. The molecule has 0 heterocycles. The van der Waals surface area contributed by atoms with Gasteiger partial charge < -0.3 is 0 Å². The maximum Gasteiger partial charge on any atom is -0.0417 e. The fourth-order valence-electron chi connectivity index (χ4n) is 4.20. The van der Waals surface area contributed by atoms with Crippen LogP contribution in [-0.2, 0) is 0 Å². The number of hydrogen-bond acceptors (Lipinski definition) is 0. The Labute approximate surface area is 251 Å². The summed E-state index contributed by atoms with van der Waals surface area (Å²) in [5.74, 6) is 2.84. The van der Waals surface area contributed by atoms with Gasteiger partial charge in [-0.1, -0.05) is 234 Å². The highest BCUT2D eigenvalue weighted by Gasteiger charge is 2.08. The molecule has 0 saturated heterocycles. The predicted molar refractivity (Wildman–Crippen MR) is 192 cm³/mol. The Kier molecular flexibility index (Phi) is 86.7. The number of unbranched alkanes of at least 4 members (excludes halogenated alkanes) is 10. The van der Waals surface area contributed by atoms with Gasteiger partial charge >= 0.3 is 0 Å². The Balaban J connectivity index is -0.0000000512. The van der Waals surface area contributed by atoms with Crippen molar-refractivity contribution in [2.45, 2.75) is 234 Å². The van der Waals surface area contributed by atoms with E-state index in [9.17, 15) is 0 Å². The van der Waals surface area contributed by atoms with Crippen LogP contribution >= 0.6 is 0 Å². The molecule has 0 aliphatic carbocycles. The van der Waals surface area contributed by atoms with Crippen molar-refractivity contribution < 1.29 is 0 Å². The van der Waals surface area contributed by atoms with Crippen LogP contribution in [0.3, 0.4) is 0 Å². The van der Waals surface area contributed by atoms with E-state index in [1.807, 2.05) is 0 Å². The first kappa shape index (κ1) is 57.8. The van der Waals surface area contributed by atoms with Crippen molar-refractivity contribution in [2.75, 3.05) is 0 Å². The molecule has 0 aromatic rings. The first-order valence-electron chi connectivity index (χ1n) is 16.4. The summed E-state index contributed by atoms with van der Waals surface area (Å²) in [6, 6.07) is 0. The van der Waals surface area contributed by atoms with Crippen molar-refractivity contribution >= 4 is 0 Å². The maximum absolute atomic E-state index is 2.38. The molecule has 244 valence electrons. The van der Waals surface area contributed by atoms with Crippen LogP contribution in [0, 0.1) is 17.8 Å². The van der Waals surface area contributed by atoms with Crippen molar-refractivity contribution in [1.82, 2.24) is 0 Å². The van der Waals surface area contributed by atoms with Crippen molar-refractivity contribution in [1.29, 1.82) is 0 Å². The van der Waals surface area contributed by atoms with Crippen molar-refractivity contribution in [3.05, 3.63) is 0 Å². The van der Waals surface area contributed by atoms with Gasteiger partial charge in [-0.3, -0.25) is 0 Å². The Morgan fingerprint density at radius 1 is 0.289 bits per heavy atom. The van der Waals surface area contributed by atoms with E-state index >= 15 is 0 Å². The van der Waals surface area contributed by atoms with Crippen LogP contribution in [0.15, 0.2) is 0 Å². The lowest BCUT2D eigenvalue weighted by atomic mass is 9.89. The van der Waals surface area contributed by atoms with E-state index in [1.54, 1.807) is 0 Å². The topological polar surface area (TPSA) is 0 Å². The van der Waals surface area contributed by atoms with E-state index in [0.29, 0.717) is 0 Å². The van der Waals surface area contributed by atoms with Gasteiger partial charge in [-0.2, -0.15) is 0 Å². The summed E-state index contributed by atoms with van der Waals surface area (Å²) < 4.78 is 0. The van der Waals surface area contributed by atoms with Gasteiger partial charge in [0.15, 0.2) is 0 Å². The van der Waals surface area contributed by atoms with Crippen LogP contribution in [0.1, 0.15) is 234 Å². The van der Waals surface area contributed by atoms with E-state index in [0.717, 1.165) is 17.8 Å². The first-order chi connectivity index (χ1) is 16.4. The van der Waals surface area contributed by atoms with Gasteiger partial charge in [-0.05, 0) is 17.8 Å². The summed E-state index contributed by atoms with van der Waals surface area (Å²) in [6.45, 7) is 25.2. The smallest absolute Gasteiger partial charge is 0.0417 e. The molecule has 0 N–H and O–H groups in total. The second kappa shape index (κ2) is 57.0. The molecule has 0 rings (SSSR count). The molecule has 0 spiro atoms. The number of hydrogen-bond donors (Lipinski definition) is 0. The molecule has 0 aliphatic rings. The number of rotatable bonds is 19. The normalized spacial score (nSPS) is 11.4. The van der Waals surface area contributed by atoms with Crippen LogP contribution in [0.2, 0.25) is 0 Å². The highest BCUT2D eigenvalue weighted by atomic mass is 14.1. The molecule has 0 radical (unpaired) electrons. The Hall–Kier alpha value is 0. The third kappa shape index (κ3) is 65.2. The first-order valence-corrected chi connectivity index (χ1v) is 16.4. The maximum atomic E-state index is 2.38. The highest BCUT2D eigenvalue weighted by molar-refractivity contribution is 4.60. The quantitative estimate of drug-likeness (QED) is 0.141. The summed E-state index contributed by atoms with van der Waals surface area (Å²) in [7, 11) is 0. The standard InChI is InChI=1S/C10H22.C9H20.C8H18.C7H16.4CH4/c1-5-7-9(3)10(4)8-6-2;1-4-6-8-9(3)7-5-2;1-3-5-7-8-6-4-2;1-3-5-7-6-4-2;;;;/h9-10H,5-8H2,1-4H3;9H,4-8H2,1-3H3;3-8H2,1-2H3;3-7H2,1-2H3;4*1H4. The van der Waals surface area contributed by atoms with Gasteiger partial charge in [0.1, 0.15) is 0 Å². The zero-order valence-corrected chi connectivity index (χ0v) is 26.9. The summed E-state index contributed by atoms with van der Waals surface area (Å²) in [4.78, 5) is 0. The van der Waals surface area contributed by atoms with Gasteiger partial charge in [-0.25, -0.2) is 0 Å². The van der Waals surface area contributed by atoms with E-state index in [-0.39, 0.29) is 29.7 Å². The molecule has 3 atom stereocenters. The third-order valence-corrected chi connectivity index (χ3v) is 6.96. The lowest BCUT2D eigenvalue weighted by molar-refractivity contribution is 0.339. The highest BCUT2D eigenvalue weighted by Crippen LogP contribution is 2.20. The molecule has 0 fully saturated rings. The molecule has 0 heteroatoms. The van der Waals surface area contributed by atoms with Crippen LogP contribution in [0.25, 0.3) is 0 Å². The molecular formula is C38H92. The molecule has 0 aliphatic heterocycles. The average molecular weight is 549 g/mol. The fourth-order valence-corrected chi connectivity index (χ4v) is 4.20. The molecule has 0 saturated carbocycles. The Bertz CT molecular complexity index is 262. The van der Waals surface area contributed by atoms with E-state index in [4.69, 9.17) is 0 Å². The van der Waals surface area contributed by atoms with E-state index in [2.05, 4.69) is 76.2 Å². The van der Waals surface area contributed by atoms with Gasteiger partial charge in [0.2, 0.25) is 0 Å². The van der Waals surface area contributed by atoms with Crippen LogP contribution in [0.4, 0.5) is 0 Å². The van der Waals surface area contributed by atoms with Crippen LogP contribution < -0.4 is 0 Å². The SMILES string of the molecule is C.C.C.C.CCCC(C)C(C)CCC.CCCCC(C)CCC.CCCCCCC.CCCCCCCC. The zero-order chi connectivity index (χ0) is 26.9. The van der Waals surface area contributed by atoms with Gasteiger partial charge in [0.25, 0.3) is 0 Å². The van der Waals surface area contributed by atoms with Crippen molar-refractivity contribution in [3.8, 4) is 0 Å². The molecule has 0 bridgehead atoms. The minimum atomic E-state index is 0. The molecule has 3 unspecified atom stereocenters. The minimum Gasteiger partial charge on any atom is -0.0776 e. The largest absolute Gasteiger partial charge is 0.0776 e. The molecule has 0 nitrogen and oxygen atoms in total. The zero-order valence-electron chi connectivity index (χ0n) is 26.9. The Morgan fingerprint density at radius 2 is 0.553 bits per heavy atom. The van der Waals surface area contributed by atoms with Gasteiger partial charge in [0.05, 0.1) is 0 Å². The molecule has 0 amide bonds. The lowest BCUT2D eigenvalue weighted by Crippen LogP contribution is -2.06. The summed E-state index contributed by atoms with van der Waals surface area (Å²) >= 11 is 0. The van der Waals surface area contributed by atoms with Crippen molar-refractivity contribution in [3.63, 3.8) is 0 Å². The van der Waals surface area contributed by atoms with Gasteiger partial charge in [-0.15, -0.1) is 0 Å². The van der Waals surface area contributed by atoms with Crippen LogP contribution in [-0.4, -0.2) is 0 Å². The van der Waals surface area contributed by atoms with Gasteiger partial charge in [0, 0.05) is 0 Å². The third-order valence-electron chi connectivity index (χ3n) is 6.96. The lowest BCUT2D eigenvalue weighted by Gasteiger charge is -2.17. The fraction of sp³-hybridized carbons (Fsp3) is 1.00. The van der Waals surface area contributed by atoms with Crippen molar-refractivity contribution in [2.24, 2.45) is 17.8 Å². The monoisotopic (exact) mass is 549 g/mol. The van der Waals surface area contributed by atoms with Crippen LogP contribution in [0.5, 0.6) is 0 Å². The summed E-state index contributed by atoms with van der Waals surface area (Å²) in [5.41, 5.74) is 0. The second-order valence-electron chi connectivity index (χ2n) is 11.0. The molecule has 0 aromatic heterocycles. The van der Waals surface area contributed by atoms with E-state index < -0.39 is 0 Å². The molecule has 0 aromatic carbocycles. The second-order valence-corrected chi connectivity index (χ2v) is 11.0. The summed E-state index contributed by atoms with van der Waals surface area (Å²) in [5, 5.41) is 0. The Morgan fingerprint density at radius 3 is 0.789 bits per heavy atom. The minimum absolute atomic E-state index is 0. The summed E-state index contributed by atoms with van der Waals surface area (Å²) in [6.07, 6.45) is 28.0. The van der Waals surface area contributed by atoms with E-state index in [1.165, 1.54) is 128 Å². The predicted octanol–water partition coefficient (Wildman–Crippen LogP) is 16.4. The molecular weight excluding hydrogens is 456 g/mol.